The minimum Gasteiger partial charge on any atom is -0.383 e. The molecule has 112 valence electrons. The van der Waals surface area contributed by atoms with Gasteiger partial charge in [0.2, 0.25) is 6.29 Å². The molecule has 2 N–H and O–H groups in total. The quantitative estimate of drug-likeness (QED) is 0.245. The first-order valence-corrected chi connectivity index (χ1v) is 7.62. The van der Waals surface area contributed by atoms with E-state index in [2.05, 4.69) is 4.99 Å². The highest BCUT2D eigenvalue weighted by atomic mass is 127. The van der Waals surface area contributed by atoms with Gasteiger partial charge in [0, 0.05) is 13.2 Å². The zero-order valence-corrected chi connectivity index (χ0v) is 14.2. The molecule has 0 aliphatic heterocycles. The fourth-order valence-electron chi connectivity index (χ4n) is 1.46. The maximum absolute atomic E-state index is 13.6. The zero-order chi connectivity index (χ0) is 15.1. The van der Waals surface area contributed by atoms with Crippen LogP contribution in [0.3, 0.4) is 0 Å². The van der Waals surface area contributed by atoms with Crippen LogP contribution >= 0.6 is 34.2 Å². The Hall–Kier alpha value is -0.440. The molecule has 7 heteroatoms. The van der Waals surface area contributed by atoms with E-state index in [1.165, 1.54) is 0 Å². The molecule has 1 aromatic rings. The fourth-order valence-corrected chi connectivity index (χ4v) is 2.29. The van der Waals surface area contributed by atoms with Crippen molar-refractivity contribution in [1.29, 1.82) is 0 Å². The van der Waals surface area contributed by atoms with E-state index in [0.717, 1.165) is 0 Å². The summed E-state index contributed by atoms with van der Waals surface area (Å²) >= 11 is 7.81. The molecule has 0 aliphatic rings. The number of ether oxygens (including phenoxy) is 2. The van der Waals surface area contributed by atoms with Crippen LogP contribution in [0.25, 0.3) is 0 Å². The van der Waals surface area contributed by atoms with Gasteiger partial charge in [-0.2, -0.15) is 0 Å². The predicted octanol–water partition coefficient (Wildman–Crippen LogP) is 3.34. The van der Waals surface area contributed by atoms with Crippen molar-refractivity contribution < 1.29 is 13.9 Å². The first-order chi connectivity index (χ1) is 9.51. The van der Waals surface area contributed by atoms with Crippen LogP contribution in [0.1, 0.15) is 19.4 Å². The second-order valence-corrected chi connectivity index (χ2v) is 5.36. The lowest BCUT2D eigenvalue weighted by Crippen LogP contribution is -2.34. The van der Waals surface area contributed by atoms with Gasteiger partial charge in [-0.15, -0.1) is 0 Å². The summed E-state index contributed by atoms with van der Waals surface area (Å²) in [4.78, 5) is 4.15. The Kier molecular flexibility index (Phi) is 7.71. The molecule has 0 heterocycles. The highest BCUT2D eigenvalue weighted by Crippen LogP contribution is 2.24. The Morgan fingerprint density at radius 1 is 1.40 bits per heavy atom. The van der Waals surface area contributed by atoms with Crippen molar-refractivity contribution in [2.45, 2.75) is 26.7 Å². The Balaban J connectivity index is 2.82. The molecule has 0 fully saturated rings. The van der Waals surface area contributed by atoms with Crippen LogP contribution in [0.5, 0.6) is 0 Å². The standard InChI is InChI=1S/C13H17ClFIN2O2/c1-3-19-13(20-4-2)12(17)18-7-8-5-6-9(16)11(15)10(8)14/h5-6,13H,3-4,7H2,1-2H3,(H2,17,18). The lowest BCUT2D eigenvalue weighted by Gasteiger charge is -2.16. The highest BCUT2D eigenvalue weighted by Gasteiger charge is 2.14. The van der Waals surface area contributed by atoms with Crippen LogP contribution in [0.2, 0.25) is 5.02 Å². The molecule has 0 saturated heterocycles. The average Bonchev–Trinajstić information content (AvgIpc) is 2.43. The van der Waals surface area contributed by atoms with E-state index in [1.807, 2.05) is 36.4 Å². The summed E-state index contributed by atoms with van der Waals surface area (Å²) in [6.45, 7) is 4.77. The molecule has 0 spiro atoms. The molecular formula is C13H17ClFIN2O2. The molecule has 0 atom stereocenters. The van der Waals surface area contributed by atoms with Crippen molar-refractivity contribution in [2.24, 2.45) is 10.7 Å². The molecule has 0 amide bonds. The fraction of sp³-hybridized carbons (Fsp3) is 0.462. The first kappa shape index (κ1) is 17.6. The van der Waals surface area contributed by atoms with Crippen LogP contribution in [-0.2, 0) is 16.0 Å². The lowest BCUT2D eigenvalue weighted by atomic mass is 10.2. The van der Waals surface area contributed by atoms with Crippen molar-refractivity contribution in [3.8, 4) is 0 Å². The monoisotopic (exact) mass is 414 g/mol. The molecule has 0 saturated carbocycles. The zero-order valence-electron chi connectivity index (χ0n) is 11.3. The molecule has 0 aliphatic carbocycles. The Labute approximate surface area is 136 Å². The van der Waals surface area contributed by atoms with Crippen LogP contribution in [0.4, 0.5) is 4.39 Å². The van der Waals surface area contributed by atoms with Crippen molar-refractivity contribution in [3.63, 3.8) is 0 Å². The van der Waals surface area contributed by atoms with Gasteiger partial charge in [0.1, 0.15) is 0 Å². The first-order valence-electron chi connectivity index (χ1n) is 6.16. The number of hydrogen-bond donors (Lipinski definition) is 1. The van der Waals surface area contributed by atoms with E-state index in [1.54, 1.807) is 12.1 Å². The predicted molar refractivity (Wildman–Crippen MR) is 86.5 cm³/mol. The topological polar surface area (TPSA) is 56.8 Å². The van der Waals surface area contributed by atoms with Gasteiger partial charge in [-0.25, -0.2) is 4.39 Å². The van der Waals surface area contributed by atoms with E-state index < -0.39 is 12.1 Å². The minimum absolute atomic E-state index is 0.0674. The number of amidine groups is 1. The molecule has 0 bridgehead atoms. The van der Waals surface area contributed by atoms with Gasteiger partial charge >= 0.3 is 0 Å². The van der Waals surface area contributed by atoms with Gasteiger partial charge in [-0.1, -0.05) is 17.7 Å². The summed E-state index contributed by atoms with van der Waals surface area (Å²) in [5, 5.41) is 0.0674. The summed E-state index contributed by atoms with van der Waals surface area (Å²) in [5.41, 5.74) is 6.39. The van der Waals surface area contributed by atoms with Gasteiger partial charge in [0.05, 0.1) is 15.1 Å². The number of benzene rings is 1. The Bertz CT molecular complexity index is 480. The van der Waals surface area contributed by atoms with E-state index in [-0.39, 0.29) is 17.4 Å². The van der Waals surface area contributed by atoms with Gasteiger partial charge in [0.15, 0.2) is 11.7 Å². The second kappa shape index (κ2) is 8.76. The normalized spacial score (nSPS) is 12.2. The lowest BCUT2D eigenvalue weighted by molar-refractivity contribution is -0.0907. The maximum Gasteiger partial charge on any atom is 0.216 e. The van der Waals surface area contributed by atoms with Crippen LogP contribution in [0, 0.1) is 9.39 Å². The summed E-state index contributed by atoms with van der Waals surface area (Å²) < 4.78 is 24.8. The van der Waals surface area contributed by atoms with E-state index in [9.17, 15) is 4.39 Å². The van der Waals surface area contributed by atoms with E-state index >= 15 is 0 Å². The maximum atomic E-state index is 13.6. The molecule has 0 radical (unpaired) electrons. The van der Waals surface area contributed by atoms with Gasteiger partial charge in [0.25, 0.3) is 0 Å². The number of nitrogens with zero attached hydrogens (tertiary/aromatic N) is 1. The third-order valence-corrected chi connectivity index (χ3v) is 3.67. The van der Waals surface area contributed by atoms with Gasteiger partial charge in [-0.05, 0) is 48.1 Å². The third-order valence-electron chi connectivity index (χ3n) is 2.42. The van der Waals surface area contributed by atoms with Gasteiger partial charge in [-0.3, -0.25) is 4.99 Å². The van der Waals surface area contributed by atoms with Crippen molar-refractivity contribution >= 4 is 40.0 Å². The van der Waals surface area contributed by atoms with E-state index in [0.29, 0.717) is 22.3 Å². The molecule has 1 rings (SSSR count). The SMILES string of the molecule is CCOC(OCC)C(N)=NCc1ccc(I)c(F)c1Cl. The van der Waals surface area contributed by atoms with Crippen LogP contribution < -0.4 is 5.73 Å². The Morgan fingerprint density at radius 2 is 2.00 bits per heavy atom. The molecular weight excluding hydrogens is 398 g/mol. The summed E-state index contributed by atoms with van der Waals surface area (Å²) in [5.74, 6) is -0.228. The molecule has 4 nitrogen and oxygen atoms in total. The van der Waals surface area contributed by atoms with Crippen molar-refractivity contribution in [3.05, 3.63) is 32.1 Å². The largest absolute Gasteiger partial charge is 0.383 e. The molecule has 20 heavy (non-hydrogen) atoms. The molecule has 0 unspecified atom stereocenters. The Morgan fingerprint density at radius 3 is 2.55 bits per heavy atom. The van der Waals surface area contributed by atoms with Gasteiger partial charge < -0.3 is 15.2 Å². The number of rotatable bonds is 7. The van der Waals surface area contributed by atoms with Crippen LogP contribution in [0.15, 0.2) is 17.1 Å². The molecule has 1 aromatic carbocycles. The number of hydrogen-bond acceptors (Lipinski definition) is 3. The molecule has 0 aromatic heterocycles. The van der Waals surface area contributed by atoms with Crippen LogP contribution in [-0.4, -0.2) is 25.3 Å². The van der Waals surface area contributed by atoms with E-state index in [4.69, 9.17) is 26.8 Å². The average molecular weight is 415 g/mol. The summed E-state index contributed by atoms with van der Waals surface area (Å²) in [6.07, 6.45) is -0.683. The summed E-state index contributed by atoms with van der Waals surface area (Å²) in [6, 6.07) is 3.37. The second-order valence-electron chi connectivity index (χ2n) is 3.82. The third kappa shape index (κ3) is 4.83. The summed E-state index contributed by atoms with van der Waals surface area (Å²) in [7, 11) is 0. The van der Waals surface area contributed by atoms with Crippen molar-refractivity contribution in [2.75, 3.05) is 13.2 Å². The number of nitrogens with two attached hydrogens (primary N) is 1. The number of aliphatic imine (C=N–C) groups is 1. The van der Waals surface area contributed by atoms with Crippen molar-refractivity contribution in [1.82, 2.24) is 0 Å². The smallest absolute Gasteiger partial charge is 0.216 e. The number of halogens is 3. The highest BCUT2D eigenvalue weighted by molar-refractivity contribution is 14.1. The minimum atomic E-state index is -0.683.